The minimum Gasteiger partial charge on any atom is -0.501 e. The molecule has 0 aromatic heterocycles. The summed E-state index contributed by atoms with van der Waals surface area (Å²) < 4.78 is 9.93. The zero-order chi connectivity index (χ0) is 17.8. The molecule has 0 saturated heterocycles. The van der Waals surface area contributed by atoms with Crippen LogP contribution in [0.1, 0.15) is 35.7 Å². The highest BCUT2D eigenvalue weighted by molar-refractivity contribution is 5.89. The van der Waals surface area contributed by atoms with E-state index in [0.717, 1.165) is 24.0 Å². The van der Waals surface area contributed by atoms with Gasteiger partial charge in [0.25, 0.3) is 0 Å². The van der Waals surface area contributed by atoms with Crippen molar-refractivity contribution >= 4 is 5.97 Å². The Morgan fingerprint density at radius 1 is 1.21 bits per heavy atom. The Balaban J connectivity index is 2.65. The van der Waals surface area contributed by atoms with E-state index in [1.807, 2.05) is 31.2 Å². The van der Waals surface area contributed by atoms with Crippen molar-refractivity contribution < 1.29 is 14.3 Å². The molecule has 5 heteroatoms. The molecule has 0 atom stereocenters. The SMILES string of the molecule is CCOC=C(C=C(C#N)C#N)CCCc1ccc(C(=O)OC)cc1. The molecule has 0 fully saturated rings. The number of hydrogen-bond donors (Lipinski definition) is 0. The summed E-state index contributed by atoms with van der Waals surface area (Å²) in [6, 6.07) is 11.0. The van der Waals surface area contributed by atoms with E-state index in [1.165, 1.54) is 7.11 Å². The van der Waals surface area contributed by atoms with Crippen molar-refractivity contribution in [2.75, 3.05) is 13.7 Å². The quantitative estimate of drug-likeness (QED) is 0.315. The van der Waals surface area contributed by atoms with Crippen LogP contribution < -0.4 is 0 Å². The number of nitrogens with zero attached hydrogens (tertiary/aromatic N) is 2. The van der Waals surface area contributed by atoms with E-state index in [0.29, 0.717) is 18.6 Å². The molecule has 0 unspecified atom stereocenters. The fourth-order valence-electron chi connectivity index (χ4n) is 2.05. The van der Waals surface area contributed by atoms with Gasteiger partial charge in [-0.25, -0.2) is 4.79 Å². The summed E-state index contributed by atoms with van der Waals surface area (Å²) in [5, 5.41) is 17.7. The van der Waals surface area contributed by atoms with Crippen LogP contribution in [0.15, 0.2) is 47.7 Å². The third-order valence-electron chi connectivity index (χ3n) is 3.28. The van der Waals surface area contributed by atoms with E-state index < -0.39 is 0 Å². The maximum atomic E-state index is 11.4. The van der Waals surface area contributed by atoms with Crippen molar-refractivity contribution in [2.45, 2.75) is 26.2 Å². The lowest BCUT2D eigenvalue weighted by Gasteiger charge is -2.05. The number of aryl methyl sites for hydroxylation is 1. The first-order chi connectivity index (χ1) is 11.6. The largest absolute Gasteiger partial charge is 0.501 e. The maximum absolute atomic E-state index is 11.4. The Bertz CT molecular complexity index is 673. The van der Waals surface area contributed by atoms with Gasteiger partial charge in [0.1, 0.15) is 17.7 Å². The van der Waals surface area contributed by atoms with Gasteiger partial charge in [-0.2, -0.15) is 10.5 Å². The van der Waals surface area contributed by atoms with Gasteiger partial charge in [-0.1, -0.05) is 12.1 Å². The number of rotatable bonds is 8. The smallest absolute Gasteiger partial charge is 0.337 e. The van der Waals surface area contributed by atoms with Crippen molar-refractivity contribution in [2.24, 2.45) is 0 Å². The van der Waals surface area contributed by atoms with Gasteiger partial charge in [0, 0.05) is 0 Å². The molecule has 0 radical (unpaired) electrons. The lowest BCUT2D eigenvalue weighted by molar-refractivity contribution is 0.0600. The highest BCUT2D eigenvalue weighted by Crippen LogP contribution is 2.14. The number of nitriles is 2. The van der Waals surface area contributed by atoms with Crippen LogP contribution in [0.4, 0.5) is 0 Å². The van der Waals surface area contributed by atoms with Gasteiger partial charge in [-0.15, -0.1) is 0 Å². The number of carbonyl (C=O) groups is 1. The van der Waals surface area contributed by atoms with Gasteiger partial charge in [-0.05, 0) is 55.5 Å². The van der Waals surface area contributed by atoms with E-state index in [9.17, 15) is 4.79 Å². The average Bonchev–Trinajstić information content (AvgIpc) is 2.63. The molecule has 0 aliphatic carbocycles. The highest BCUT2D eigenvalue weighted by atomic mass is 16.5. The van der Waals surface area contributed by atoms with Crippen molar-refractivity contribution in [1.29, 1.82) is 10.5 Å². The van der Waals surface area contributed by atoms with Crippen molar-refractivity contribution in [1.82, 2.24) is 0 Å². The molecule has 24 heavy (non-hydrogen) atoms. The minimum absolute atomic E-state index is 0.0587. The lowest BCUT2D eigenvalue weighted by atomic mass is 10.0. The monoisotopic (exact) mass is 324 g/mol. The van der Waals surface area contributed by atoms with Crippen molar-refractivity contribution in [3.05, 3.63) is 58.9 Å². The molecule has 0 N–H and O–H groups in total. The van der Waals surface area contributed by atoms with Crippen molar-refractivity contribution in [3.8, 4) is 12.1 Å². The summed E-state index contributed by atoms with van der Waals surface area (Å²) in [5.74, 6) is -0.353. The number of esters is 1. The summed E-state index contributed by atoms with van der Waals surface area (Å²) in [5.41, 5.74) is 2.49. The Labute approximate surface area is 142 Å². The first kappa shape index (κ1) is 19.0. The Morgan fingerprint density at radius 2 is 1.88 bits per heavy atom. The second-order valence-electron chi connectivity index (χ2n) is 4.97. The Kier molecular flexibility index (Phi) is 8.42. The van der Waals surface area contributed by atoms with Crippen LogP contribution in [0.3, 0.4) is 0 Å². The molecular weight excluding hydrogens is 304 g/mol. The van der Waals surface area contributed by atoms with E-state index in [1.54, 1.807) is 24.5 Å². The van der Waals surface area contributed by atoms with Gasteiger partial charge in [-0.3, -0.25) is 0 Å². The molecule has 0 aliphatic rings. The lowest BCUT2D eigenvalue weighted by Crippen LogP contribution is -2.00. The molecule has 124 valence electrons. The van der Waals surface area contributed by atoms with Crippen LogP contribution >= 0.6 is 0 Å². The molecule has 5 nitrogen and oxygen atoms in total. The average molecular weight is 324 g/mol. The first-order valence-corrected chi connectivity index (χ1v) is 7.64. The number of allylic oxidation sites excluding steroid dienone is 3. The van der Waals surface area contributed by atoms with Gasteiger partial charge in [0.2, 0.25) is 0 Å². The van der Waals surface area contributed by atoms with Crippen LogP contribution in [0.5, 0.6) is 0 Å². The van der Waals surface area contributed by atoms with E-state index in [-0.39, 0.29) is 11.5 Å². The fraction of sp³-hybridized carbons (Fsp3) is 0.316. The van der Waals surface area contributed by atoms with Crippen LogP contribution in [-0.4, -0.2) is 19.7 Å². The predicted octanol–water partition coefficient (Wildman–Crippen LogP) is 3.69. The zero-order valence-electron chi connectivity index (χ0n) is 13.9. The topological polar surface area (TPSA) is 83.1 Å². The highest BCUT2D eigenvalue weighted by Gasteiger charge is 2.05. The summed E-state index contributed by atoms with van der Waals surface area (Å²) in [4.78, 5) is 11.4. The number of hydrogen-bond acceptors (Lipinski definition) is 5. The molecule has 0 saturated carbocycles. The molecule has 0 heterocycles. The molecule has 1 aromatic carbocycles. The van der Waals surface area contributed by atoms with Gasteiger partial charge in [0.05, 0.1) is 25.5 Å². The second kappa shape index (κ2) is 10.6. The number of ether oxygens (including phenoxy) is 2. The normalized spacial score (nSPS) is 10.2. The van der Waals surface area contributed by atoms with E-state index >= 15 is 0 Å². The second-order valence-corrected chi connectivity index (χ2v) is 4.97. The Hall–Kier alpha value is -3.05. The van der Waals surface area contributed by atoms with Crippen LogP contribution in [0.25, 0.3) is 0 Å². The number of methoxy groups -OCH3 is 1. The van der Waals surface area contributed by atoms with Gasteiger partial charge in [0.15, 0.2) is 0 Å². The standard InChI is InChI=1S/C19H20N2O3/c1-3-24-14-16(11-17(12-20)13-21)6-4-5-15-7-9-18(10-8-15)19(22)23-2/h7-11,14H,3-6H2,1-2H3. The summed E-state index contributed by atoms with van der Waals surface area (Å²) in [7, 11) is 1.35. The fourth-order valence-corrected chi connectivity index (χ4v) is 2.05. The third-order valence-corrected chi connectivity index (χ3v) is 3.28. The number of carbonyl (C=O) groups excluding carboxylic acids is 1. The molecule has 0 bridgehead atoms. The molecule has 1 aromatic rings. The Morgan fingerprint density at radius 3 is 2.42 bits per heavy atom. The van der Waals surface area contributed by atoms with Gasteiger partial charge < -0.3 is 9.47 Å². The molecular formula is C19H20N2O3. The van der Waals surface area contributed by atoms with Crippen molar-refractivity contribution in [3.63, 3.8) is 0 Å². The number of benzene rings is 1. The summed E-state index contributed by atoms with van der Waals surface area (Å²) >= 11 is 0. The molecule has 1 rings (SSSR count). The predicted molar refractivity (Wildman–Crippen MR) is 89.7 cm³/mol. The van der Waals surface area contributed by atoms with Gasteiger partial charge >= 0.3 is 5.97 Å². The molecule has 0 spiro atoms. The van der Waals surface area contributed by atoms with Crippen LogP contribution in [0.2, 0.25) is 0 Å². The molecule has 0 amide bonds. The van der Waals surface area contributed by atoms with Crippen LogP contribution in [-0.2, 0) is 15.9 Å². The summed E-state index contributed by atoms with van der Waals surface area (Å²) in [6.07, 6.45) is 5.47. The summed E-state index contributed by atoms with van der Waals surface area (Å²) in [6.45, 7) is 2.40. The zero-order valence-corrected chi connectivity index (χ0v) is 13.9. The third kappa shape index (κ3) is 6.37. The van der Waals surface area contributed by atoms with E-state index in [2.05, 4.69) is 4.74 Å². The van der Waals surface area contributed by atoms with E-state index in [4.69, 9.17) is 15.3 Å². The van der Waals surface area contributed by atoms with Crippen LogP contribution in [0, 0.1) is 22.7 Å². The minimum atomic E-state index is -0.353. The first-order valence-electron chi connectivity index (χ1n) is 7.64. The molecule has 0 aliphatic heterocycles. The maximum Gasteiger partial charge on any atom is 0.337 e.